The van der Waals surface area contributed by atoms with Crippen LogP contribution in [0.2, 0.25) is 0 Å². The van der Waals surface area contributed by atoms with Crippen LogP contribution in [0.5, 0.6) is 0 Å². The average Bonchev–Trinajstić information content (AvgIpc) is 3.29. The first-order valence-corrected chi connectivity index (χ1v) is 13.3. The van der Waals surface area contributed by atoms with Crippen molar-refractivity contribution in [2.75, 3.05) is 36.5 Å². The van der Waals surface area contributed by atoms with Crippen LogP contribution in [0.25, 0.3) is 17.0 Å². The first-order chi connectivity index (χ1) is 18.7. The number of fused-ring (bicyclic) bond motifs is 1. The summed E-state index contributed by atoms with van der Waals surface area (Å²) < 4.78 is 40.3. The number of carbonyl (C=O) groups excluding carboxylic acids is 1. The van der Waals surface area contributed by atoms with Gasteiger partial charge in [0.15, 0.2) is 5.82 Å². The maximum absolute atomic E-state index is 14.1. The molecule has 0 bridgehead atoms. The minimum atomic E-state index is -2.81. The first kappa shape index (κ1) is 27.0. The normalized spacial score (nSPS) is 20.3. The number of anilines is 2. The second kappa shape index (κ2) is 11.2. The number of carbonyl (C=O) groups is 1. The number of alkyl carbamates (subject to hydrolysis) is 1. The maximum Gasteiger partial charge on any atom is 0.407 e. The third kappa shape index (κ3) is 6.52. The Morgan fingerprint density at radius 1 is 1.00 bits per heavy atom. The van der Waals surface area contributed by atoms with Crippen LogP contribution in [-0.2, 0) is 9.47 Å². The quantitative estimate of drug-likeness (QED) is 0.470. The van der Waals surface area contributed by atoms with Crippen molar-refractivity contribution in [3.8, 4) is 5.95 Å². The molecular formula is C26H34F2N8O3. The molecule has 210 valence electrons. The summed E-state index contributed by atoms with van der Waals surface area (Å²) in [5.41, 5.74) is 0.375. The van der Waals surface area contributed by atoms with Gasteiger partial charge in [0.05, 0.1) is 24.2 Å². The number of nitrogens with one attached hydrogen (secondary N) is 2. The highest BCUT2D eigenvalue weighted by Crippen LogP contribution is 2.28. The van der Waals surface area contributed by atoms with Gasteiger partial charge in [-0.05, 0) is 58.6 Å². The van der Waals surface area contributed by atoms with Gasteiger partial charge >= 0.3 is 6.09 Å². The Morgan fingerprint density at radius 3 is 2.36 bits per heavy atom. The monoisotopic (exact) mass is 544 g/mol. The van der Waals surface area contributed by atoms with Gasteiger partial charge in [-0.25, -0.2) is 18.6 Å². The molecule has 1 aromatic carbocycles. The van der Waals surface area contributed by atoms with Crippen LogP contribution in [0.15, 0.2) is 24.3 Å². The minimum absolute atomic E-state index is 0.0154. The van der Waals surface area contributed by atoms with Gasteiger partial charge < -0.3 is 25.0 Å². The van der Waals surface area contributed by atoms with E-state index in [0.717, 1.165) is 25.7 Å². The number of morpholine rings is 1. The molecule has 0 spiro atoms. The first-order valence-electron chi connectivity index (χ1n) is 13.3. The molecule has 3 aromatic rings. The van der Waals surface area contributed by atoms with Crippen molar-refractivity contribution in [1.29, 1.82) is 0 Å². The molecule has 1 amide bonds. The van der Waals surface area contributed by atoms with Crippen molar-refractivity contribution >= 4 is 29.0 Å². The molecule has 0 unspecified atom stereocenters. The van der Waals surface area contributed by atoms with Crippen molar-refractivity contribution in [1.82, 2.24) is 29.8 Å². The van der Waals surface area contributed by atoms with Gasteiger partial charge in [-0.2, -0.15) is 15.0 Å². The van der Waals surface area contributed by atoms with Gasteiger partial charge in [0.1, 0.15) is 5.60 Å². The van der Waals surface area contributed by atoms with Crippen LogP contribution in [-0.4, -0.2) is 74.6 Å². The number of nitrogens with zero attached hydrogens (tertiary/aromatic N) is 6. The third-order valence-electron chi connectivity index (χ3n) is 6.67. The van der Waals surface area contributed by atoms with Gasteiger partial charge in [0.2, 0.25) is 17.8 Å². The van der Waals surface area contributed by atoms with E-state index in [9.17, 15) is 13.6 Å². The van der Waals surface area contributed by atoms with Gasteiger partial charge in [-0.1, -0.05) is 12.1 Å². The van der Waals surface area contributed by atoms with Gasteiger partial charge in [0.25, 0.3) is 6.43 Å². The zero-order valence-corrected chi connectivity index (χ0v) is 22.4. The van der Waals surface area contributed by atoms with Crippen molar-refractivity contribution in [2.45, 2.75) is 70.6 Å². The van der Waals surface area contributed by atoms with E-state index in [1.54, 1.807) is 24.3 Å². The Bertz CT molecular complexity index is 1300. The van der Waals surface area contributed by atoms with E-state index in [2.05, 4.69) is 30.6 Å². The van der Waals surface area contributed by atoms with Crippen molar-refractivity contribution in [2.24, 2.45) is 0 Å². The number of halogens is 2. The van der Waals surface area contributed by atoms with E-state index >= 15 is 0 Å². The van der Waals surface area contributed by atoms with Crippen LogP contribution in [0.3, 0.4) is 0 Å². The van der Waals surface area contributed by atoms with E-state index in [1.807, 2.05) is 25.7 Å². The molecule has 1 aliphatic heterocycles. The molecule has 1 aliphatic carbocycles. The molecule has 1 saturated carbocycles. The lowest BCUT2D eigenvalue weighted by Crippen LogP contribution is -2.42. The van der Waals surface area contributed by atoms with Crippen LogP contribution in [0, 0.1) is 0 Å². The summed E-state index contributed by atoms with van der Waals surface area (Å²) in [4.78, 5) is 32.1. The number of para-hydroxylation sites is 2. The molecule has 39 heavy (non-hydrogen) atoms. The van der Waals surface area contributed by atoms with Gasteiger partial charge in [0, 0.05) is 25.2 Å². The highest BCUT2D eigenvalue weighted by molar-refractivity contribution is 5.77. The molecular weight excluding hydrogens is 510 g/mol. The SMILES string of the molecule is CC(C)(C)OC(=O)NC1CCC(Nc2nc(N3CCOCC3)nc(-n3c(C(F)F)nc4ccccc43)n2)CC1. The third-order valence-corrected chi connectivity index (χ3v) is 6.67. The number of amides is 1. The highest BCUT2D eigenvalue weighted by Gasteiger charge is 2.27. The van der Waals surface area contributed by atoms with E-state index in [0.29, 0.717) is 49.2 Å². The Balaban J connectivity index is 1.38. The fraction of sp³-hybridized carbons (Fsp3) is 0.577. The predicted octanol–water partition coefficient (Wildman–Crippen LogP) is 4.23. The van der Waals surface area contributed by atoms with Crippen LogP contribution < -0.4 is 15.5 Å². The molecule has 13 heteroatoms. The Hall–Kier alpha value is -3.61. The fourth-order valence-corrected chi connectivity index (χ4v) is 4.86. The number of alkyl halides is 2. The molecule has 3 heterocycles. The summed E-state index contributed by atoms with van der Waals surface area (Å²) in [6.45, 7) is 7.70. The summed E-state index contributed by atoms with van der Waals surface area (Å²) >= 11 is 0. The smallest absolute Gasteiger partial charge is 0.407 e. The molecule has 2 aliphatic rings. The van der Waals surface area contributed by atoms with Crippen molar-refractivity contribution in [3.05, 3.63) is 30.1 Å². The van der Waals surface area contributed by atoms with E-state index in [4.69, 9.17) is 9.47 Å². The van der Waals surface area contributed by atoms with Gasteiger partial charge in [-0.15, -0.1) is 0 Å². The number of imidazole rings is 1. The zero-order valence-electron chi connectivity index (χ0n) is 22.4. The van der Waals surface area contributed by atoms with Gasteiger partial charge in [-0.3, -0.25) is 4.57 Å². The molecule has 5 rings (SSSR count). The summed E-state index contributed by atoms with van der Waals surface area (Å²) in [7, 11) is 0. The summed E-state index contributed by atoms with van der Waals surface area (Å²) in [5.74, 6) is 0.361. The van der Waals surface area contributed by atoms with Crippen molar-refractivity contribution in [3.63, 3.8) is 0 Å². The van der Waals surface area contributed by atoms with E-state index in [-0.39, 0.29) is 18.0 Å². The summed E-state index contributed by atoms with van der Waals surface area (Å²) in [5, 5.41) is 6.33. The fourth-order valence-electron chi connectivity index (χ4n) is 4.86. The Labute approximate surface area is 225 Å². The standard InChI is InChI=1S/C26H34F2N8O3/c1-26(2,3)39-25(37)30-17-10-8-16(9-11-17)29-22-32-23(35-12-14-38-15-13-35)34-24(33-22)36-19-7-5-4-6-18(19)31-21(36)20(27)28/h4-7,16-17,20H,8-15H2,1-3H3,(H,30,37)(H,29,32,33,34). The number of hydrogen-bond donors (Lipinski definition) is 2. The number of hydrogen-bond acceptors (Lipinski definition) is 9. The van der Waals surface area contributed by atoms with Crippen LogP contribution >= 0.6 is 0 Å². The molecule has 0 radical (unpaired) electrons. The molecule has 2 N–H and O–H groups in total. The van der Waals surface area contributed by atoms with E-state index in [1.165, 1.54) is 4.57 Å². The van der Waals surface area contributed by atoms with E-state index < -0.39 is 23.9 Å². The maximum atomic E-state index is 14.1. The Kier molecular flexibility index (Phi) is 7.78. The number of ether oxygens (including phenoxy) is 2. The predicted molar refractivity (Wildman–Crippen MR) is 141 cm³/mol. The van der Waals surface area contributed by atoms with Crippen LogP contribution in [0.1, 0.15) is 58.7 Å². The summed E-state index contributed by atoms with van der Waals surface area (Å²) in [6.07, 6.45) is -0.182. The topological polar surface area (TPSA) is 119 Å². The number of aromatic nitrogens is 5. The minimum Gasteiger partial charge on any atom is -0.444 e. The summed E-state index contributed by atoms with van der Waals surface area (Å²) in [6, 6.07) is 6.99. The number of rotatable bonds is 6. The average molecular weight is 545 g/mol. The highest BCUT2D eigenvalue weighted by atomic mass is 19.3. The lowest BCUT2D eigenvalue weighted by Gasteiger charge is -2.31. The van der Waals surface area contributed by atoms with Crippen molar-refractivity contribution < 1.29 is 23.0 Å². The molecule has 1 saturated heterocycles. The largest absolute Gasteiger partial charge is 0.444 e. The van der Waals surface area contributed by atoms with Crippen LogP contribution in [0.4, 0.5) is 25.5 Å². The second-order valence-electron chi connectivity index (χ2n) is 10.8. The molecule has 2 aromatic heterocycles. The lowest BCUT2D eigenvalue weighted by atomic mass is 9.91. The number of benzene rings is 1. The molecule has 2 fully saturated rings. The zero-order chi connectivity index (χ0) is 27.6. The molecule has 11 nitrogen and oxygen atoms in total. The Morgan fingerprint density at radius 2 is 1.67 bits per heavy atom. The molecule has 0 atom stereocenters. The lowest BCUT2D eigenvalue weighted by molar-refractivity contribution is 0.0492. The second-order valence-corrected chi connectivity index (χ2v) is 10.8.